The van der Waals surface area contributed by atoms with Crippen molar-refractivity contribution in [2.75, 3.05) is 13.2 Å². The molecule has 5 nitrogen and oxygen atoms in total. The number of carboxylic acid groups (broad SMARTS) is 1. The fourth-order valence-electron chi connectivity index (χ4n) is 2.42. The van der Waals surface area contributed by atoms with Crippen molar-refractivity contribution >= 4 is 5.97 Å². The van der Waals surface area contributed by atoms with E-state index in [-0.39, 0.29) is 6.42 Å². The van der Waals surface area contributed by atoms with E-state index in [1.807, 2.05) is 6.92 Å². The minimum Gasteiger partial charge on any atom is -0.481 e. The zero-order chi connectivity index (χ0) is 19.5. The first-order valence-corrected chi connectivity index (χ1v) is 8.77. The Bertz CT molecular complexity index is 494. The van der Waals surface area contributed by atoms with Crippen LogP contribution in [0.4, 0.5) is 0 Å². The molecule has 5 heteroatoms. The van der Waals surface area contributed by atoms with Gasteiger partial charge in [0.05, 0.1) is 19.3 Å². The molecule has 0 aliphatic carbocycles. The molecule has 0 aliphatic rings. The summed E-state index contributed by atoms with van der Waals surface area (Å²) in [5.74, 6) is -1.40. The SMILES string of the molecule is CC(C)=CCCC(C)=CCCC(C)=CCC(O)C(CO)(CO)C(=O)O. The Kier molecular flexibility index (Phi) is 11.3. The Morgan fingerprint density at radius 1 is 0.920 bits per heavy atom. The monoisotopic (exact) mass is 354 g/mol. The van der Waals surface area contributed by atoms with Crippen molar-refractivity contribution in [3.05, 3.63) is 34.9 Å². The molecule has 0 saturated carbocycles. The Labute approximate surface area is 151 Å². The van der Waals surface area contributed by atoms with Crippen LogP contribution in [0.25, 0.3) is 0 Å². The first kappa shape index (κ1) is 23.6. The molecule has 0 rings (SSSR count). The van der Waals surface area contributed by atoms with Gasteiger partial charge in [0, 0.05) is 0 Å². The minimum absolute atomic E-state index is 0.0858. The molecule has 144 valence electrons. The van der Waals surface area contributed by atoms with Crippen LogP contribution in [0, 0.1) is 5.41 Å². The smallest absolute Gasteiger partial charge is 0.317 e. The summed E-state index contributed by atoms with van der Waals surface area (Å²) in [5.41, 5.74) is 1.80. The molecule has 0 heterocycles. The minimum atomic E-state index is -1.92. The van der Waals surface area contributed by atoms with Crippen molar-refractivity contribution in [2.45, 2.75) is 65.9 Å². The van der Waals surface area contributed by atoms with Gasteiger partial charge in [0.25, 0.3) is 0 Å². The van der Waals surface area contributed by atoms with Crippen LogP contribution in [0.3, 0.4) is 0 Å². The largest absolute Gasteiger partial charge is 0.481 e. The van der Waals surface area contributed by atoms with E-state index in [1.54, 1.807) is 6.08 Å². The highest BCUT2D eigenvalue weighted by molar-refractivity contribution is 5.75. The number of allylic oxidation sites excluding steroid dienone is 5. The summed E-state index contributed by atoms with van der Waals surface area (Å²) in [6.07, 6.45) is 8.76. The van der Waals surface area contributed by atoms with Crippen LogP contribution in [0.5, 0.6) is 0 Å². The maximum Gasteiger partial charge on any atom is 0.317 e. The first-order chi connectivity index (χ1) is 11.7. The van der Waals surface area contributed by atoms with Crippen molar-refractivity contribution in [3.8, 4) is 0 Å². The van der Waals surface area contributed by atoms with Gasteiger partial charge in [0.15, 0.2) is 0 Å². The number of hydrogen-bond acceptors (Lipinski definition) is 4. The molecule has 0 bridgehead atoms. The standard InChI is InChI=1S/C20H34O5/c1-15(2)7-5-8-16(3)9-6-10-17(4)11-12-18(23)20(13-21,14-22)19(24)25/h7,9,11,18,21-23H,5-6,8,10,12-14H2,1-4H3,(H,24,25). The fraction of sp³-hybridized carbons (Fsp3) is 0.650. The van der Waals surface area contributed by atoms with Gasteiger partial charge in [0.1, 0.15) is 5.41 Å². The summed E-state index contributed by atoms with van der Waals surface area (Å²) in [6.45, 7) is 6.62. The summed E-state index contributed by atoms with van der Waals surface area (Å²) in [5, 5.41) is 37.7. The number of carbonyl (C=O) groups is 1. The average Bonchev–Trinajstić information content (AvgIpc) is 2.54. The van der Waals surface area contributed by atoms with E-state index < -0.39 is 30.7 Å². The highest BCUT2D eigenvalue weighted by Crippen LogP contribution is 2.25. The van der Waals surface area contributed by atoms with Crippen LogP contribution in [0.1, 0.15) is 59.8 Å². The quantitative estimate of drug-likeness (QED) is 0.403. The van der Waals surface area contributed by atoms with Crippen LogP contribution in [-0.4, -0.2) is 45.7 Å². The number of hydrogen-bond donors (Lipinski definition) is 4. The topological polar surface area (TPSA) is 98.0 Å². The highest BCUT2D eigenvalue weighted by atomic mass is 16.4. The Hall–Kier alpha value is -1.43. The van der Waals surface area contributed by atoms with E-state index in [4.69, 9.17) is 5.11 Å². The molecule has 25 heavy (non-hydrogen) atoms. The van der Waals surface area contributed by atoms with Gasteiger partial charge in [-0.05, 0) is 59.8 Å². The second-order valence-electron chi connectivity index (χ2n) is 6.99. The number of carboxylic acids is 1. The third kappa shape index (κ3) is 8.47. The van der Waals surface area contributed by atoms with Gasteiger partial charge < -0.3 is 20.4 Å². The van der Waals surface area contributed by atoms with Crippen molar-refractivity contribution in [2.24, 2.45) is 5.41 Å². The molecule has 0 saturated heterocycles. The molecule has 0 fully saturated rings. The predicted octanol–water partition coefficient (Wildman–Crippen LogP) is 3.21. The van der Waals surface area contributed by atoms with E-state index >= 15 is 0 Å². The van der Waals surface area contributed by atoms with Gasteiger partial charge in [-0.3, -0.25) is 4.79 Å². The number of aliphatic hydroxyl groups is 3. The third-order valence-corrected chi connectivity index (χ3v) is 4.44. The summed E-state index contributed by atoms with van der Waals surface area (Å²) >= 11 is 0. The lowest BCUT2D eigenvalue weighted by Gasteiger charge is -2.29. The number of rotatable bonds is 12. The molecule has 1 atom stereocenters. The molecule has 0 aromatic carbocycles. The summed E-state index contributed by atoms with van der Waals surface area (Å²) in [4.78, 5) is 11.2. The zero-order valence-corrected chi connectivity index (χ0v) is 16.0. The molecule has 0 radical (unpaired) electrons. The molecular formula is C20H34O5. The second-order valence-corrected chi connectivity index (χ2v) is 6.99. The van der Waals surface area contributed by atoms with Gasteiger partial charge in [0.2, 0.25) is 0 Å². The number of aliphatic carboxylic acids is 1. The van der Waals surface area contributed by atoms with Gasteiger partial charge in [-0.25, -0.2) is 0 Å². The van der Waals surface area contributed by atoms with E-state index in [0.717, 1.165) is 31.3 Å². The van der Waals surface area contributed by atoms with Gasteiger partial charge >= 0.3 is 5.97 Å². The maximum absolute atomic E-state index is 11.2. The molecule has 0 aromatic rings. The van der Waals surface area contributed by atoms with Crippen LogP contribution in [0.2, 0.25) is 0 Å². The van der Waals surface area contributed by atoms with Crippen molar-refractivity contribution in [3.63, 3.8) is 0 Å². The second kappa shape index (κ2) is 12.0. The van der Waals surface area contributed by atoms with E-state index in [2.05, 4.69) is 32.9 Å². The molecule has 0 aliphatic heterocycles. The van der Waals surface area contributed by atoms with Crippen LogP contribution in [0.15, 0.2) is 34.9 Å². The van der Waals surface area contributed by atoms with E-state index in [0.29, 0.717) is 0 Å². The lowest BCUT2D eigenvalue weighted by molar-refractivity contribution is -0.165. The third-order valence-electron chi connectivity index (χ3n) is 4.44. The molecule has 0 aromatic heterocycles. The van der Waals surface area contributed by atoms with Crippen molar-refractivity contribution in [1.82, 2.24) is 0 Å². The molecule has 0 amide bonds. The van der Waals surface area contributed by atoms with Crippen molar-refractivity contribution < 1.29 is 25.2 Å². The number of aliphatic hydroxyl groups excluding tert-OH is 3. The molecule has 0 spiro atoms. The lowest BCUT2D eigenvalue weighted by Crippen LogP contribution is -2.48. The zero-order valence-electron chi connectivity index (χ0n) is 16.0. The highest BCUT2D eigenvalue weighted by Gasteiger charge is 2.44. The van der Waals surface area contributed by atoms with Gasteiger partial charge in [-0.15, -0.1) is 0 Å². The predicted molar refractivity (Wildman–Crippen MR) is 100 cm³/mol. The summed E-state index contributed by atoms with van der Waals surface area (Å²) in [6, 6.07) is 0. The fourth-order valence-corrected chi connectivity index (χ4v) is 2.42. The van der Waals surface area contributed by atoms with Gasteiger partial charge in [-0.1, -0.05) is 34.9 Å². The Balaban J connectivity index is 4.50. The van der Waals surface area contributed by atoms with Crippen LogP contribution < -0.4 is 0 Å². The van der Waals surface area contributed by atoms with Crippen LogP contribution in [-0.2, 0) is 4.79 Å². The van der Waals surface area contributed by atoms with Crippen LogP contribution >= 0.6 is 0 Å². The summed E-state index contributed by atoms with van der Waals surface area (Å²) in [7, 11) is 0. The Morgan fingerprint density at radius 3 is 1.84 bits per heavy atom. The average molecular weight is 354 g/mol. The molecule has 4 N–H and O–H groups in total. The lowest BCUT2D eigenvalue weighted by atomic mass is 9.81. The summed E-state index contributed by atoms with van der Waals surface area (Å²) < 4.78 is 0. The Morgan fingerprint density at radius 2 is 1.40 bits per heavy atom. The van der Waals surface area contributed by atoms with E-state index in [9.17, 15) is 20.1 Å². The first-order valence-electron chi connectivity index (χ1n) is 8.77. The maximum atomic E-state index is 11.2. The normalized spacial score (nSPS) is 14.4. The van der Waals surface area contributed by atoms with Gasteiger partial charge in [-0.2, -0.15) is 0 Å². The molecular weight excluding hydrogens is 320 g/mol. The molecule has 1 unspecified atom stereocenters. The van der Waals surface area contributed by atoms with Crippen molar-refractivity contribution in [1.29, 1.82) is 0 Å². The van der Waals surface area contributed by atoms with E-state index in [1.165, 1.54) is 11.1 Å².